The molecule has 0 bridgehead atoms. The average Bonchev–Trinajstić information content (AvgIpc) is 2.43. The number of imidazole rings is 1. The van der Waals surface area contributed by atoms with Crippen LogP contribution in [0.4, 0.5) is 0 Å². The van der Waals surface area contributed by atoms with Crippen LogP contribution in [0.1, 0.15) is 22.1 Å². The van der Waals surface area contributed by atoms with Crippen LogP contribution in [0.5, 0.6) is 0 Å². The van der Waals surface area contributed by atoms with E-state index in [4.69, 9.17) is 1.37 Å². The number of H-pyrrole nitrogens is 1. The number of nitrogens with zero attached hydrogens (tertiary/aromatic N) is 3. The predicted molar refractivity (Wildman–Crippen MR) is 59.6 cm³/mol. The second kappa shape index (κ2) is 4.72. The second-order valence-corrected chi connectivity index (χ2v) is 3.91. The second-order valence-electron chi connectivity index (χ2n) is 3.91. The Morgan fingerprint density at radius 1 is 1.47 bits per heavy atom. The van der Waals surface area contributed by atoms with Crippen LogP contribution >= 0.6 is 0 Å². The Labute approximate surface area is 89.6 Å². The fourth-order valence-electron chi connectivity index (χ4n) is 0.940. The number of aromatic nitrogens is 4. The number of hydrogen-bond donors (Lipinski definition) is 1. The smallest absolute Gasteiger partial charge is 0.276 e. The molecule has 5 heteroatoms. The predicted octanol–water partition coefficient (Wildman–Crippen LogP) is 1.32. The van der Waals surface area contributed by atoms with Gasteiger partial charge in [-0.3, -0.25) is 4.79 Å². The molecule has 0 unspecified atom stereocenters. The van der Waals surface area contributed by atoms with Crippen LogP contribution in [0.25, 0.3) is 11.2 Å². The molecular formula is C10H16N4O. The Kier molecular flexibility index (Phi) is 3.11. The topological polar surface area (TPSA) is 63.6 Å². The quantitative estimate of drug-likeness (QED) is 0.711. The fourth-order valence-corrected chi connectivity index (χ4v) is 0.940. The van der Waals surface area contributed by atoms with E-state index in [0.29, 0.717) is 11.2 Å². The summed E-state index contributed by atoms with van der Waals surface area (Å²) in [6, 6.07) is 0. The summed E-state index contributed by atoms with van der Waals surface area (Å²) < 4.78 is 8.69. The Morgan fingerprint density at radius 3 is 2.60 bits per heavy atom. The molecule has 0 atom stereocenters. The summed E-state index contributed by atoms with van der Waals surface area (Å²) in [5.41, 5.74) is 0.377. The maximum Gasteiger partial charge on any atom is 0.276 e. The lowest BCUT2D eigenvalue weighted by atomic mass is 10.3. The van der Waals surface area contributed by atoms with E-state index in [2.05, 4.69) is 35.7 Å². The maximum absolute atomic E-state index is 11.2. The number of aryl methyl sites for hydroxylation is 1. The van der Waals surface area contributed by atoms with Gasteiger partial charge in [-0.05, 0) is 5.92 Å². The highest BCUT2D eigenvalue weighted by molar-refractivity contribution is 5.68. The highest BCUT2D eigenvalue weighted by atomic mass is 16.1. The van der Waals surface area contributed by atoms with E-state index in [1.807, 2.05) is 0 Å². The van der Waals surface area contributed by atoms with Crippen LogP contribution in [-0.4, -0.2) is 19.5 Å². The zero-order chi connectivity index (χ0) is 12.3. The molecule has 0 aliphatic heterocycles. The first-order valence-electron chi connectivity index (χ1n) is 5.30. The first-order valence-corrected chi connectivity index (χ1v) is 4.80. The minimum absolute atomic E-state index is 0.0363. The van der Waals surface area contributed by atoms with Gasteiger partial charge in [0.15, 0.2) is 11.2 Å². The lowest BCUT2D eigenvalue weighted by Gasteiger charge is -1.88. The van der Waals surface area contributed by atoms with Crippen molar-refractivity contribution in [3.8, 4) is 0 Å². The summed E-state index contributed by atoms with van der Waals surface area (Å²) in [6.07, 6.45) is 1.31. The normalized spacial score (nSPS) is 11.1. The van der Waals surface area contributed by atoms with Crippen molar-refractivity contribution in [1.82, 2.24) is 19.5 Å². The van der Waals surface area contributed by atoms with E-state index in [-0.39, 0.29) is 11.9 Å². The van der Waals surface area contributed by atoms with Crippen molar-refractivity contribution < 1.29 is 1.37 Å². The van der Waals surface area contributed by atoms with Gasteiger partial charge in [0.25, 0.3) is 5.56 Å². The molecule has 0 spiro atoms. The van der Waals surface area contributed by atoms with Crippen molar-refractivity contribution in [2.75, 3.05) is 0 Å². The molecule has 82 valence electrons. The number of aromatic amines is 1. The highest BCUT2D eigenvalue weighted by Gasteiger charge is 2.02. The molecule has 0 amide bonds. The molecule has 0 saturated carbocycles. The Morgan fingerprint density at radius 2 is 2.07 bits per heavy atom. The Balaban J connectivity index is 0.000000280. The molecule has 15 heavy (non-hydrogen) atoms. The van der Waals surface area contributed by atoms with Gasteiger partial charge in [0, 0.05) is 7.05 Å². The third-order valence-corrected chi connectivity index (χ3v) is 1.45. The van der Waals surface area contributed by atoms with E-state index < -0.39 is 0 Å². The minimum Gasteiger partial charge on any atom is -0.328 e. The molecule has 1 N–H and O–H groups in total. The van der Waals surface area contributed by atoms with Crippen LogP contribution in [0.15, 0.2) is 17.4 Å². The Bertz CT molecular complexity index is 526. The maximum atomic E-state index is 11.2. The van der Waals surface area contributed by atoms with Crippen molar-refractivity contribution in [2.45, 2.75) is 20.8 Å². The largest absolute Gasteiger partial charge is 0.328 e. The van der Waals surface area contributed by atoms with Crippen LogP contribution in [0.3, 0.4) is 0 Å². The zero-order valence-electron chi connectivity index (χ0n) is 10.4. The van der Waals surface area contributed by atoms with Crippen LogP contribution < -0.4 is 5.56 Å². The minimum atomic E-state index is -0.270. The molecule has 2 aromatic heterocycles. The van der Waals surface area contributed by atoms with Crippen molar-refractivity contribution in [2.24, 2.45) is 13.0 Å². The van der Waals surface area contributed by atoms with Gasteiger partial charge in [-0.25, -0.2) is 9.97 Å². The summed E-state index contributed by atoms with van der Waals surface area (Å²) in [6.45, 7) is 6.50. The number of nitrogens with one attached hydrogen (secondary N) is 1. The van der Waals surface area contributed by atoms with Crippen LogP contribution in [-0.2, 0) is 7.05 Å². The molecule has 0 radical (unpaired) electrons. The molecule has 0 saturated heterocycles. The number of fused-ring (bicyclic) bond motifs is 1. The lowest BCUT2D eigenvalue weighted by Crippen LogP contribution is -2.08. The van der Waals surface area contributed by atoms with Crippen LogP contribution in [0.2, 0.25) is 0 Å². The van der Waals surface area contributed by atoms with Gasteiger partial charge in [0.1, 0.15) is 1.37 Å². The first kappa shape index (κ1) is 9.89. The number of rotatable bonds is 0. The zero-order valence-corrected chi connectivity index (χ0v) is 9.40. The molecule has 2 rings (SSSR count). The van der Waals surface area contributed by atoms with E-state index in [9.17, 15) is 4.79 Å². The van der Waals surface area contributed by atoms with E-state index in [1.165, 1.54) is 10.9 Å². The summed E-state index contributed by atoms with van der Waals surface area (Å²) in [5.74, 6) is 0.833. The van der Waals surface area contributed by atoms with Gasteiger partial charge < -0.3 is 9.55 Å². The molecule has 0 aliphatic rings. The monoisotopic (exact) mass is 209 g/mol. The number of hydrogen-bond acceptors (Lipinski definition) is 3. The van der Waals surface area contributed by atoms with Gasteiger partial charge in [-0.1, -0.05) is 20.8 Å². The van der Waals surface area contributed by atoms with Gasteiger partial charge in [0.05, 0.1) is 12.6 Å². The van der Waals surface area contributed by atoms with Crippen molar-refractivity contribution in [1.29, 1.82) is 0 Å². The summed E-state index contributed by atoms with van der Waals surface area (Å²) in [7, 11) is 1.61. The van der Waals surface area contributed by atoms with Crippen LogP contribution in [0, 0.1) is 5.92 Å². The molecule has 0 aliphatic carbocycles. The third-order valence-electron chi connectivity index (χ3n) is 1.45. The van der Waals surface area contributed by atoms with E-state index in [1.54, 1.807) is 7.05 Å². The molecular weight excluding hydrogens is 192 g/mol. The van der Waals surface area contributed by atoms with Gasteiger partial charge >= 0.3 is 0 Å². The van der Waals surface area contributed by atoms with Crippen molar-refractivity contribution in [3.63, 3.8) is 0 Å². The molecule has 5 nitrogen and oxygen atoms in total. The van der Waals surface area contributed by atoms with Crippen molar-refractivity contribution in [3.05, 3.63) is 23.0 Å². The average molecular weight is 209 g/mol. The Hall–Kier alpha value is -1.65. The molecule has 2 aromatic rings. The van der Waals surface area contributed by atoms with E-state index in [0.717, 1.165) is 5.92 Å². The van der Waals surface area contributed by atoms with Crippen molar-refractivity contribution >= 4 is 11.2 Å². The summed E-state index contributed by atoms with van der Waals surface area (Å²) in [4.78, 5) is 21.2. The fraction of sp³-hybridized carbons (Fsp3) is 0.500. The standard InChI is InChI=1S/C6H6N4O.C4H10/c1-10-3-9-5-4(10)6(11)8-2-7-5;1-4(2)3/h2-3H,1H3,(H,7,8,11);4H,1-3H3/i3D;. The summed E-state index contributed by atoms with van der Waals surface area (Å²) >= 11 is 0. The van der Waals surface area contributed by atoms with Gasteiger partial charge in [-0.2, -0.15) is 0 Å². The van der Waals surface area contributed by atoms with E-state index >= 15 is 0 Å². The SMILES string of the molecule is CC(C)C.[2H]c1nc2nc[nH]c(=O)c2n1C. The molecule has 2 heterocycles. The van der Waals surface area contributed by atoms with Gasteiger partial charge in [0.2, 0.25) is 0 Å². The third kappa shape index (κ3) is 2.90. The first-order chi connectivity index (χ1) is 7.43. The molecule has 0 aromatic carbocycles. The highest BCUT2D eigenvalue weighted by Crippen LogP contribution is 1.99. The summed E-state index contributed by atoms with van der Waals surface area (Å²) in [5, 5.41) is 0. The molecule has 0 fully saturated rings. The lowest BCUT2D eigenvalue weighted by molar-refractivity contribution is 0.737. The van der Waals surface area contributed by atoms with Gasteiger partial charge in [-0.15, -0.1) is 0 Å².